The largest absolute Gasteiger partial charge is 0.440 e. The number of ketones is 1. The molecule has 3 rings (SSSR count). The highest BCUT2D eigenvalue weighted by atomic mass is 16.7. The molecule has 0 N–H and O–H groups in total. The van der Waals surface area contributed by atoms with Crippen LogP contribution < -0.4 is 0 Å². The number of oxazole rings is 2. The van der Waals surface area contributed by atoms with E-state index in [-0.39, 0.29) is 17.5 Å². The highest BCUT2D eigenvalue weighted by molar-refractivity contribution is 6.07. The number of rotatable bonds is 4. The molecule has 0 aliphatic carbocycles. The van der Waals surface area contributed by atoms with Crippen LogP contribution in [0.5, 0.6) is 0 Å². The third-order valence-electron chi connectivity index (χ3n) is 3.49. The predicted molar refractivity (Wildman–Crippen MR) is 91.5 cm³/mol. The maximum absolute atomic E-state index is 11.8. The zero-order valence-electron chi connectivity index (χ0n) is 14.9. The third-order valence-corrected chi connectivity index (χ3v) is 3.49. The minimum absolute atomic E-state index is 0.124. The van der Waals surface area contributed by atoms with Gasteiger partial charge in [0.15, 0.2) is 18.5 Å². The van der Waals surface area contributed by atoms with Crippen molar-refractivity contribution >= 4 is 11.7 Å². The first-order chi connectivity index (χ1) is 12.5. The summed E-state index contributed by atoms with van der Waals surface area (Å²) in [4.78, 5) is 35.5. The van der Waals surface area contributed by atoms with Crippen molar-refractivity contribution in [1.29, 1.82) is 0 Å². The van der Waals surface area contributed by atoms with Crippen LogP contribution in [0.25, 0.3) is 0 Å². The fourth-order valence-electron chi connectivity index (χ4n) is 1.97. The summed E-state index contributed by atoms with van der Waals surface area (Å²) in [5.74, 6) is 0.0589. The van der Waals surface area contributed by atoms with Gasteiger partial charge in [0, 0.05) is 12.6 Å². The van der Waals surface area contributed by atoms with E-state index in [9.17, 15) is 9.59 Å². The Hall–Kier alpha value is -3.26. The summed E-state index contributed by atoms with van der Waals surface area (Å²) in [7, 11) is 2.91. The molecule has 0 saturated heterocycles. The highest BCUT2D eigenvalue weighted by Crippen LogP contribution is 2.12. The van der Waals surface area contributed by atoms with Crippen LogP contribution >= 0.6 is 0 Å². The Morgan fingerprint density at radius 2 is 1.50 bits per heavy atom. The number of hydrogen-bond donors (Lipinski definition) is 0. The second kappa shape index (κ2) is 8.72. The molecule has 1 amide bonds. The number of benzene rings is 1. The minimum Gasteiger partial charge on any atom is -0.440 e. The Balaban J connectivity index is 0.000000190. The van der Waals surface area contributed by atoms with E-state index in [0.29, 0.717) is 22.7 Å². The van der Waals surface area contributed by atoms with Gasteiger partial charge in [-0.2, -0.15) is 0 Å². The first-order valence-electron chi connectivity index (χ1n) is 7.67. The molecule has 26 heavy (non-hydrogen) atoms. The van der Waals surface area contributed by atoms with Crippen LogP contribution in [0.4, 0.5) is 0 Å². The van der Waals surface area contributed by atoms with Gasteiger partial charge in [-0.05, 0) is 13.8 Å². The Kier molecular flexibility index (Phi) is 6.40. The molecule has 0 fully saturated rings. The highest BCUT2D eigenvalue weighted by Gasteiger charge is 2.18. The zero-order chi connectivity index (χ0) is 19.1. The molecule has 2 aromatic heterocycles. The molecule has 8 heteroatoms. The monoisotopic (exact) mass is 357 g/mol. The summed E-state index contributed by atoms with van der Waals surface area (Å²) < 4.78 is 9.89. The number of hydrogen-bond acceptors (Lipinski definition) is 7. The van der Waals surface area contributed by atoms with Gasteiger partial charge in [-0.1, -0.05) is 30.3 Å². The van der Waals surface area contributed by atoms with E-state index >= 15 is 0 Å². The Labute approximate surface area is 150 Å². The number of aryl methyl sites for hydroxylation is 2. The zero-order valence-corrected chi connectivity index (χ0v) is 14.9. The summed E-state index contributed by atoms with van der Waals surface area (Å²) in [5, 5.41) is 1.08. The molecule has 0 aliphatic heterocycles. The second-order valence-corrected chi connectivity index (χ2v) is 5.21. The van der Waals surface area contributed by atoms with Gasteiger partial charge in [0.05, 0.1) is 18.5 Å². The first kappa shape index (κ1) is 19.1. The van der Waals surface area contributed by atoms with Crippen molar-refractivity contribution in [2.24, 2.45) is 0 Å². The summed E-state index contributed by atoms with van der Waals surface area (Å²) >= 11 is 0. The van der Waals surface area contributed by atoms with Crippen molar-refractivity contribution in [3.05, 3.63) is 71.6 Å². The normalized spacial score (nSPS) is 10.0. The molecule has 0 aliphatic rings. The van der Waals surface area contributed by atoms with E-state index in [1.165, 1.54) is 26.9 Å². The molecule has 3 aromatic rings. The molecule has 8 nitrogen and oxygen atoms in total. The van der Waals surface area contributed by atoms with Crippen LogP contribution in [0.15, 0.2) is 52.0 Å². The number of amides is 1. The molecule has 0 bridgehead atoms. The van der Waals surface area contributed by atoms with Crippen molar-refractivity contribution in [2.75, 3.05) is 14.2 Å². The van der Waals surface area contributed by atoms with Crippen LogP contribution in [0.3, 0.4) is 0 Å². The van der Waals surface area contributed by atoms with E-state index in [1.807, 2.05) is 18.2 Å². The molecular weight excluding hydrogens is 338 g/mol. The van der Waals surface area contributed by atoms with Gasteiger partial charge in [0.25, 0.3) is 0 Å². The number of carbonyl (C=O) groups excluding carboxylic acids is 2. The van der Waals surface area contributed by atoms with Crippen LogP contribution in [0.1, 0.15) is 38.1 Å². The van der Waals surface area contributed by atoms with Crippen molar-refractivity contribution in [1.82, 2.24) is 15.0 Å². The molecule has 2 heterocycles. The van der Waals surface area contributed by atoms with Crippen molar-refractivity contribution < 1.29 is 23.3 Å². The van der Waals surface area contributed by atoms with Crippen LogP contribution in [0, 0.1) is 13.8 Å². The van der Waals surface area contributed by atoms with E-state index < -0.39 is 0 Å². The summed E-state index contributed by atoms with van der Waals surface area (Å²) in [5.41, 5.74) is 1.80. The van der Waals surface area contributed by atoms with Crippen LogP contribution in [0.2, 0.25) is 0 Å². The predicted octanol–water partition coefficient (Wildman–Crippen LogP) is 2.83. The third kappa shape index (κ3) is 4.42. The van der Waals surface area contributed by atoms with Gasteiger partial charge < -0.3 is 8.83 Å². The number of nitrogens with zero attached hydrogens (tertiary/aromatic N) is 3. The molecular formula is C18H19N3O5. The average Bonchev–Trinajstić information content (AvgIpc) is 3.29. The Morgan fingerprint density at radius 1 is 0.962 bits per heavy atom. The number of aromatic nitrogens is 2. The number of hydroxylamine groups is 2. The fourth-order valence-corrected chi connectivity index (χ4v) is 1.97. The average molecular weight is 357 g/mol. The molecule has 0 spiro atoms. The van der Waals surface area contributed by atoms with Crippen LogP contribution in [-0.2, 0) is 4.84 Å². The van der Waals surface area contributed by atoms with Crippen LogP contribution in [-0.4, -0.2) is 40.9 Å². The van der Waals surface area contributed by atoms with Gasteiger partial charge in [0.1, 0.15) is 0 Å². The molecule has 0 saturated carbocycles. The van der Waals surface area contributed by atoms with E-state index in [1.54, 1.807) is 26.0 Å². The maximum Gasteiger partial charge on any atom is 0.314 e. The molecule has 0 radical (unpaired) electrons. The van der Waals surface area contributed by atoms with Crippen molar-refractivity contribution in [3.8, 4) is 0 Å². The quantitative estimate of drug-likeness (QED) is 0.523. The SMILES string of the molecule is CON(C)C(=O)c1ocnc1C.Cc1ncoc1C(=O)c1ccccc1. The number of carbonyl (C=O) groups is 2. The topological polar surface area (TPSA) is 98.7 Å². The summed E-state index contributed by atoms with van der Waals surface area (Å²) in [6.07, 6.45) is 2.51. The molecule has 0 unspecified atom stereocenters. The van der Waals surface area contributed by atoms with Gasteiger partial charge in [-0.25, -0.2) is 15.0 Å². The lowest BCUT2D eigenvalue weighted by Gasteiger charge is -2.11. The lowest BCUT2D eigenvalue weighted by molar-refractivity contribution is -0.0774. The standard InChI is InChI=1S/C11H9NO2.C7H10N2O3/c1-8-11(14-7-12-8)10(13)9-5-3-2-4-6-9;1-5-6(12-4-8-5)7(10)9(2)11-3/h2-7H,1H3;4H,1-3H3. The smallest absolute Gasteiger partial charge is 0.314 e. The molecule has 1 aromatic carbocycles. The fraction of sp³-hybridized carbons (Fsp3) is 0.222. The lowest BCUT2D eigenvalue weighted by Crippen LogP contribution is -2.25. The maximum atomic E-state index is 11.8. The Morgan fingerprint density at radius 3 is 1.96 bits per heavy atom. The van der Waals surface area contributed by atoms with Gasteiger partial charge in [-0.15, -0.1) is 0 Å². The van der Waals surface area contributed by atoms with Gasteiger partial charge >= 0.3 is 5.91 Å². The minimum atomic E-state index is -0.340. The van der Waals surface area contributed by atoms with Crippen molar-refractivity contribution in [2.45, 2.75) is 13.8 Å². The van der Waals surface area contributed by atoms with E-state index in [0.717, 1.165) is 5.06 Å². The van der Waals surface area contributed by atoms with Gasteiger partial charge in [0.2, 0.25) is 11.5 Å². The molecule has 136 valence electrons. The second-order valence-electron chi connectivity index (χ2n) is 5.21. The van der Waals surface area contributed by atoms with E-state index in [4.69, 9.17) is 8.83 Å². The van der Waals surface area contributed by atoms with Gasteiger partial charge in [-0.3, -0.25) is 14.4 Å². The summed E-state index contributed by atoms with van der Waals surface area (Å²) in [6, 6.07) is 9.01. The Bertz CT molecular complexity index is 870. The lowest BCUT2D eigenvalue weighted by atomic mass is 10.1. The van der Waals surface area contributed by atoms with E-state index in [2.05, 4.69) is 14.8 Å². The van der Waals surface area contributed by atoms with Crippen molar-refractivity contribution in [3.63, 3.8) is 0 Å². The molecule has 0 atom stereocenters. The summed E-state index contributed by atoms with van der Waals surface area (Å²) in [6.45, 7) is 3.44. The first-order valence-corrected chi connectivity index (χ1v) is 7.67.